The molecule has 1 aliphatic heterocycles. The highest BCUT2D eigenvalue weighted by molar-refractivity contribution is 6.21. The molecule has 3 nitrogen and oxygen atoms in total. The fourth-order valence-corrected chi connectivity index (χ4v) is 3.35. The Hall–Kier alpha value is -3.07. The molecule has 1 aliphatic carbocycles. The predicted octanol–water partition coefficient (Wildman–Crippen LogP) is 4.45. The Morgan fingerprint density at radius 2 is 1.70 bits per heavy atom. The van der Waals surface area contributed by atoms with Gasteiger partial charge in [0.1, 0.15) is 0 Å². The van der Waals surface area contributed by atoms with Crippen molar-refractivity contribution in [2.24, 2.45) is 0 Å². The van der Waals surface area contributed by atoms with Crippen LogP contribution in [0.4, 0.5) is 0 Å². The molecule has 0 unspecified atom stereocenters. The normalized spacial score (nSPS) is 14.5. The van der Waals surface area contributed by atoms with E-state index in [0.717, 1.165) is 44.5 Å². The first-order valence-electron chi connectivity index (χ1n) is 7.49. The number of fused-ring (bicyclic) bond motifs is 1. The Morgan fingerprint density at radius 3 is 2.65 bits per heavy atom. The number of carbonyl (C=O) groups is 1. The average molecular weight is 300 g/mol. The van der Waals surface area contributed by atoms with Crippen molar-refractivity contribution in [3.63, 3.8) is 0 Å². The van der Waals surface area contributed by atoms with Crippen LogP contribution in [-0.2, 0) is 0 Å². The van der Waals surface area contributed by atoms with E-state index in [1.54, 1.807) is 6.08 Å². The lowest BCUT2D eigenvalue weighted by Crippen LogP contribution is -2.02. The van der Waals surface area contributed by atoms with E-state index in [0.29, 0.717) is 0 Å². The number of hydrogen-bond acceptors (Lipinski definition) is 3. The van der Waals surface area contributed by atoms with Gasteiger partial charge in [-0.25, -0.2) is 0 Å². The number of hydrogen-bond donors (Lipinski definition) is 0. The van der Waals surface area contributed by atoms with Crippen LogP contribution in [0.3, 0.4) is 0 Å². The van der Waals surface area contributed by atoms with Crippen molar-refractivity contribution in [2.75, 3.05) is 6.79 Å². The van der Waals surface area contributed by atoms with Gasteiger partial charge in [-0.2, -0.15) is 0 Å². The highest BCUT2D eigenvalue weighted by Gasteiger charge is 2.19. The first kappa shape index (κ1) is 12.5. The van der Waals surface area contributed by atoms with Gasteiger partial charge in [-0.05, 0) is 46.4 Å². The van der Waals surface area contributed by atoms with Crippen LogP contribution in [0.2, 0.25) is 0 Å². The fourth-order valence-electron chi connectivity index (χ4n) is 3.35. The molecule has 2 aliphatic rings. The Labute approximate surface area is 132 Å². The quantitative estimate of drug-likeness (QED) is 0.666. The third-order valence-electron chi connectivity index (χ3n) is 4.44. The Bertz CT molecular complexity index is 1010. The molecule has 3 aromatic carbocycles. The molecule has 1 heterocycles. The Kier molecular flexibility index (Phi) is 2.42. The van der Waals surface area contributed by atoms with E-state index in [9.17, 15) is 4.79 Å². The average Bonchev–Trinajstić information content (AvgIpc) is 3.05. The molecular weight excluding hydrogens is 288 g/mol. The summed E-state index contributed by atoms with van der Waals surface area (Å²) in [7, 11) is 0. The van der Waals surface area contributed by atoms with Crippen molar-refractivity contribution in [3.05, 3.63) is 65.7 Å². The molecule has 0 fully saturated rings. The second kappa shape index (κ2) is 4.46. The maximum atomic E-state index is 12.1. The summed E-state index contributed by atoms with van der Waals surface area (Å²) >= 11 is 0. The van der Waals surface area contributed by atoms with Crippen LogP contribution in [0.15, 0.2) is 54.6 Å². The van der Waals surface area contributed by atoms with E-state index in [1.807, 2.05) is 48.5 Å². The van der Waals surface area contributed by atoms with Crippen molar-refractivity contribution in [1.82, 2.24) is 0 Å². The van der Waals surface area contributed by atoms with Gasteiger partial charge in [0.2, 0.25) is 6.79 Å². The lowest BCUT2D eigenvalue weighted by atomic mass is 9.88. The van der Waals surface area contributed by atoms with Crippen molar-refractivity contribution >= 4 is 22.6 Å². The zero-order valence-electron chi connectivity index (χ0n) is 12.2. The van der Waals surface area contributed by atoms with E-state index in [2.05, 4.69) is 6.07 Å². The maximum absolute atomic E-state index is 12.1. The maximum Gasteiger partial charge on any atom is 0.231 e. The summed E-state index contributed by atoms with van der Waals surface area (Å²) in [6.45, 7) is 0.266. The third kappa shape index (κ3) is 1.73. The second-order valence-corrected chi connectivity index (χ2v) is 5.70. The lowest BCUT2D eigenvalue weighted by Gasteiger charge is -2.15. The van der Waals surface area contributed by atoms with E-state index in [1.165, 1.54) is 0 Å². The van der Waals surface area contributed by atoms with Crippen molar-refractivity contribution in [3.8, 4) is 22.6 Å². The minimum atomic E-state index is 0.0611. The van der Waals surface area contributed by atoms with Gasteiger partial charge in [-0.3, -0.25) is 4.79 Å². The minimum Gasteiger partial charge on any atom is -0.454 e. The smallest absolute Gasteiger partial charge is 0.231 e. The first-order chi connectivity index (χ1) is 11.3. The molecule has 5 rings (SSSR count). The van der Waals surface area contributed by atoms with Gasteiger partial charge in [0.05, 0.1) is 0 Å². The van der Waals surface area contributed by atoms with Gasteiger partial charge in [0.15, 0.2) is 17.3 Å². The van der Waals surface area contributed by atoms with Crippen LogP contribution in [0.1, 0.15) is 15.9 Å². The van der Waals surface area contributed by atoms with Gasteiger partial charge >= 0.3 is 0 Å². The molecule has 0 saturated carbocycles. The summed E-state index contributed by atoms with van der Waals surface area (Å²) < 4.78 is 10.9. The molecule has 0 saturated heterocycles. The number of allylic oxidation sites excluding steroid dienone is 1. The minimum absolute atomic E-state index is 0.0611. The molecule has 0 N–H and O–H groups in total. The van der Waals surface area contributed by atoms with Crippen LogP contribution in [0.5, 0.6) is 11.5 Å². The summed E-state index contributed by atoms with van der Waals surface area (Å²) in [5.41, 5.74) is 3.99. The topological polar surface area (TPSA) is 35.5 Å². The summed E-state index contributed by atoms with van der Waals surface area (Å²) in [6, 6.07) is 16.0. The van der Waals surface area contributed by atoms with Crippen molar-refractivity contribution in [1.29, 1.82) is 0 Å². The number of ether oxygens (including phenoxy) is 2. The number of carbonyl (C=O) groups excluding carboxylic acids is 1. The molecule has 0 aromatic heterocycles. The summed E-state index contributed by atoms with van der Waals surface area (Å²) in [5.74, 6) is 1.60. The highest BCUT2D eigenvalue weighted by atomic mass is 16.7. The van der Waals surface area contributed by atoms with Gasteiger partial charge in [-0.1, -0.05) is 36.4 Å². The molecule has 0 atom stereocenters. The number of ketones is 1. The van der Waals surface area contributed by atoms with Crippen LogP contribution in [-0.4, -0.2) is 12.6 Å². The third-order valence-corrected chi connectivity index (χ3v) is 4.44. The van der Waals surface area contributed by atoms with Crippen molar-refractivity contribution in [2.45, 2.75) is 0 Å². The van der Waals surface area contributed by atoms with Gasteiger partial charge in [0.25, 0.3) is 0 Å². The van der Waals surface area contributed by atoms with Gasteiger partial charge < -0.3 is 9.47 Å². The monoisotopic (exact) mass is 300 g/mol. The summed E-state index contributed by atoms with van der Waals surface area (Å²) in [6.07, 6.45) is 3.53. The Morgan fingerprint density at radius 1 is 0.826 bits per heavy atom. The van der Waals surface area contributed by atoms with Gasteiger partial charge in [0, 0.05) is 10.9 Å². The van der Waals surface area contributed by atoms with Gasteiger partial charge in [-0.15, -0.1) is 0 Å². The number of rotatable bonds is 1. The lowest BCUT2D eigenvalue weighted by molar-refractivity contribution is 0.104. The largest absolute Gasteiger partial charge is 0.454 e. The fraction of sp³-hybridized carbons (Fsp3) is 0.0500. The molecule has 3 heteroatoms. The molecule has 0 spiro atoms. The standard InChI is InChI=1S/C20H12O3/c21-17-8-4-12-2-1-3-15-14(6-7-16(17)20(12)15)13-5-9-18-19(10-13)23-11-22-18/h1-10H,11H2. The molecule has 3 aromatic rings. The zero-order valence-corrected chi connectivity index (χ0v) is 12.2. The second-order valence-electron chi connectivity index (χ2n) is 5.70. The summed E-state index contributed by atoms with van der Waals surface area (Å²) in [4.78, 5) is 12.1. The van der Waals surface area contributed by atoms with E-state index >= 15 is 0 Å². The Balaban J connectivity index is 1.81. The molecule has 0 amide bonds. The summed E-state index contributed by atoms with van der Waals surface area (Å²) in [5, 5.41) is 2.10. The predicted molar refractivity (Wildman–Crippen MR) is 88.9 cm³/mol. The van der Waals surface area contributed by atoms with E-state index in [-0.39, 0.29) is 12.6 Å². The van der Waals surface area contributed by atoms with Crippen LogP contribution < -0.4 is 9.47 Å². The van der Waals surface area contributed by atoms with Crippen molar-refractivity contribution < 1.29 is 14.3 Å². The molecule has 0 radical (unpaired) electrons. The molecule has 23 heavy (non-hydrogen) atoms. The first-order valence-corrected chi connectivity index (χ1v) is 7.49. The molecule has 0 bridgehead atoms. The van der Waals surface area contributed by atoms with Crippen LogP contribution in [0.25, 0.3) is 28.0 Å². The molecule has 110 valence electrons. The van der Waals surface area contributed by atoms with Crippen LogP contribution in [0, 0.1) is 0 Å². The number of benzene rings is 3. The van der Waals surface area contributed by atoms with Crippen LogP contribution >= 0.6 is 0 Å². The SMILES string of the molecule is O=C1C=Cc2cccc3c(-c4ccc5c(c4)OCO5)ccc1c23. The van der Waals surface area contributed by atoms with E-state index in [4.69, 9.17) is 9.47 Å². The molecular formula is C20H12O3. The zero-order chi connectivity index (χ0) is 15.4. The highest BCUT2D eigenvalue weighted by Crippen LogP contribution is 2.40. The van der Waals surface area contributed by atoms with E-state index < -0.39 is 0 Å².